The molecule has 4 aromatic rings. The van der Waals surface area contributed by atoms with Gasteiger partial charge in [0.1, 0.15) is 11.5 Å². The number of rotatable bonds is 4. The number of Topliss-reactive ketones (excluding diaryl/α,β-unsaturated/α-hetero) is 3. The van der Waals surface area contributed by atoms with Crippen LogP contribution in [-0.4, -0.2) is 41.4 Å². The molecule has 184 valence electrons. The lowest BCUT2D eigenvalue weighted by Crippen LogP contribution is -2.57. The average molecular weight is 575 g/mol. The number of likely N-dealkylation sites (tertiary alicyclic amines) is 1. The molecule has 2 aliphatic rings. The number of fused-ring (bicyclic) bond motifs is 1. The molecular weight excluding hydrogens is 554 g/mol. The quantitative estimate of drug-likeness (QED) is 0.200. The van der Waals surface area contributed by atoms with Crippen molar-refractivity contribution < 1.29 is 18.8 Å². The van der Waals surface area contributed by atoms with Crippen molar-refractivity contribution in [3.05, 3.63) is 117 Å². The van der Waals surface area contributed by atoms with Crippen molar-refractivity contribution in [2.45, 2.75) is 11.5 Å². The third-order valence-corrected chi connectivity index (χ3v) is 8.29. The van der Waals surface area contributed by atoms with E-state index in [1.807, 2.05) is 30.3 Å². The molecule has 2 heterocycles. The lowest BCUT2D eigenvalue weighted by Gasteiger charge is -2.33. The van der Waals surface area contributed by atoms with Crippen LogP contribution in [0.5, 0.6) is 0 Å². The fourth-order valence-electron chi connectivity index (χ4n) is 5.86. The van der Waals surface area contributed by atoms with Crippen LogP contribution in [0.2, 0.25) is 5.02 Å². The minimum atomic E-state index is -1.64. The summed E-state index contributed by atoms with van der Waals surface area (Å²) in [4.78, 5) is 44.0. The van der Waals surface area contributed by atoms with E-state index in [1.54, 1.807) is 66.5 Å². The van der Waals surface area contributed by atoms with E-state index in [0.717, 1.165) is 10.0 Å². The van der Waals surface area contributed by atoms with Gasteiger partial charge in [-0.3, -0.25) is 19.3 Å². The van der Waals surface area contributed by atoms with Crippen molar-refractivity contribution in [1.82, 2.24) is 4.90 Å². The van der Waals surface area contributed by atoms with E-state index in [0.29, 0.717) is 39.8 Å². The van der Waals surface area contributed by atoms with Gasteiger partial charge in [-0.15, -0.1) is 0 Å². The van der Waals surface area contributed by atoms with Gasteiger partial charge in [0.05, 0.1) is 5.92 Å². The zero-order valence-electron chi connectivity index (χ0n) is 19.8. The topological polar surface area (TPSA) is 67.6 Å². The lowest BCUT2D eigenvalue weighted by atomic mass is 9.71. The van der Waals surface area contributed by atoms with E-state index >= 15 is 0 Å². The van der Waals surface area contributed by atoms with Crippen LogP contribution in [0.15, 0.2) is 93.8 Å². The molecule has 37 heavy (non-hydrogen) atoms. The molecule has 0 bridgehead atoms. The predicted molar refractivity (Wildman–Crippen MR) is 144 cm³/mol. The third kappa shape index (κ3) is 3.58. The van der Waals surface area contributed by atoms with E-state index < -0.39 is 17.4 Å². The minimum Gasteiger partial charge on any atom is -0.461 e. The minimum absolute atomic E-state index is 0.269. The first-order valence-electron chi connectivity index (χ1n) is 11.9. The van der Waals surface area contributed by atoms with Gasteiger partial charge in [0.25, 0.3) is 0 Å². The Kier molecular flexibility index (Phi) is 5.79. The first-order valence-corrected chi connectivity index (χ1v) is 13.0. The van der Waals surface area contributed by atoms with Gasteiger partial charge in [-0.1, -0.05) is 63.9 Å². The molecule has 1 aliphatic heterocycles. The summed E-state index contributed by atoms with van der Waals surface area (Å²) in [5, 5.41) is 0.618. The number of benzene rings is 3. The summed E-state index contributed by atoms with van der Waals surface area (Å²) < 4.78 is 7.02. The number of nitrogens with zero attached hydrogens (tertiary/aromatic N) is 1. The normalized spacial score (nSPS) is 20.5. The maximum absolute atomic E-state index is 14.2. The van der Waals surface area contributed by atoms with Crippen molar-refractivity contribution in [1.29, 1.82) is 0 Å². The molecule has 1 aliphatic carbocycles. The largest absolute Gasteiger partial charge is 0.461 e. The summed E-state index contributed by atoms with van der Waals surface area (Å²) in [7, 11) is 1.74. The van der Waals surface area contributed by atoms with Crippen molar-refractivity contribution >= 4 is 44.9 Å². The first-order chi connectivity index (χ1) is 17.8. The lowest BCUT2D eigenvalue weighted by molar-refractivity contribution is 0.0514. The number of ketones is 3. The van der Waals surface area contributed by atoms with E-state index in [1.165, 1.54) is 0 Å². The number of carbonyl (C=O) groups is 3. The second-order valence-corrected chi connectivity index (χ2v) is 10.9. The maximum atomic E-state index is 14.2. The van der Waals surface area contributed by atoms with Gasteiger partial charge in [-0.2, -0.15) is 0 Å². The summed E-state index contributed by atoms with van der Waals surface area (Å²) >= 11 is 9.48. The summed E-state index contributed by atoms with van der Waals surface area (Å²) in [6.07, 6.45) is 0. The van der Waals surface area contributed by atoms with Crippen LogP contribution in [0.25, 0.3) is 11.3 Å². The molecule has 0 N–H and O–H groups in total. The number of likely N-dealkylation sites (N-methyl/N-ethyl adjacent to an activating group) is 1. The van der Waals surface area contributed by atoms with Crippen LogP contribution in [0.3, 0.4) is 0 Å². The average Bonchev–Trinajstić information content (AvgIpc) is 3.56. The van der Waals surface area contributed by atoms with Crippen molar-refractivity contribution in [3.8, 4) is 11.3 Å². The van der Waals surface area contributed by atoms with Gasteiger partial charge in [-0.05, 0) is 55.6 Å². The fourth-order valence-corrected chi connectivity index (χ4v) is 6.39. The van der Waals surface area contributed by atoms with Crippen LogP contribution in [0, 0.1) is 5.92 Å². The van der Waals surface area contributed by atoms with Gasteiger partial charge < -0.3 is 4.42 Å². The van der Waals surface area contributed by atoms with E-state index in [2.05, 4.69) is 15.9 Å². The first kappa shape index (κ1) is 24.0. The highest BCUT2D eigenvalue weighted by Crippen LogP contribution is 2.52. The van der Waals surface area contributed by atoms with Crippen LogP contribution in [0.1, 0.15) is 42.8 Å². The Morgan fingerprint density at radius 3 is 2.27 bits per heavy atom. The summed E-state index contributed by atoms with van der Waals surface area (Å²) in [6, 6.07) is 24.8. The Morgan fingerprint density at radius 1 is 0.946 bits per heavy atom. The molecule has 6 rings (SSSR count). The Balaban J connectivity index is 1.50. The summed E-state index contributed by atoms with van der Waals surface area (Å²) in [6.45, 7) is 0.309. The molecule has 1 saturated heterocycles. The standard InChI is InChI=1S/C30H21BrClNO4/c1-33-16-23(25-14-13-24(37-25)17-9-11-20(32)12-10-17)26(27(34)18-5-4-6-19(31)15-18)30(33)28(35)21-7-2-3-8-22(21)29(30)36/h2-15,23,26H,16H2,1H3/t23-,26+/m1/s1. The van der Waals surface area contributed by atoms with Crippen LogP contribution >= 0.6 is 27.5 Å². The Bertz CT molecular complexity index is 1540. The fraction of sp³-hybridized carbons (Fsp3) is 0.167. The van der Waals surface area contributed by atoms with E-state index in [9.17, 15) is 14.4 Å². The van der Waals surface area contributed by atoms with Crippen molar-refractivity contribution in [2.24, 2.45) is 5.92 Å². The monoisotopic (exact) mass is 573 g/mol. The number of halogens is 2. The molecule has 3 aromatic carbocycles. The second kappa shape index (κ2) is 8.91. The number of carbonyl (C=O) groups excluding carboxylic acids is 3. The predicted octanol–water partition coefficient (Wildman–Crippen LogP) is 6.71. The molecule has 1 aromatic heterocycles. The van der Waals surface area contributed by atoms with E-state index in [4.69, 9.17) is 16.0 Å². The molecule has 2 atom stereocenters. The van der Waals surface area contributed by atoms with Crippen LogP contribution in [0.4, 0.5) is 0 Å². The molecule has 7 heteroatoms. The van der Waals surface area contributed by atoms with Gasteiger partial charge in [0, 0.05) is 44.2 Å². The maximum Gasteiger partial charge on any atom is 0.192 e. The van der Waals surface area contributed by atoms with Gasteiger partial charge in [0.2, 0.25) is 0 Å². The van der Waals surface area contributed by atoms with Crippen LogP contribution in [-0.2, 0) is 0 Å². The van der Waals surface area contributed by atoms with E-state index in [-0.39, 0.29) is 17.3 Å². The third-order valence-electron chi connectivity index (χ3n) is 7.55. The van der Waals surface area contributed by atoms with Crippen molar-refractivity contribution in [2.75, 3.05) is 13.6 Å². The number of hydrogen-bond donors (Lipinski definition) is 0. The van der Waals surface area contributed by atoms with Crippen molar-refractivity contribution in [3.63, 3.8) is 0 Å². The van der Waals surface area contributed by atoms with Gasteiger partial charge in [0.15, 0.2) is 22.9 Å². The zero-order chi connectivity index (χ0) is 25.9. The molecule has 0 radical (unpaired) electrons. The number of furan rings is 1. The summed E-state index contributed by atoms with van der Waals surface area (Å²) in [5.41, 5.74) is 0.342. The molecular formula is C30H21BrClNO4. The molecule has 0 amide bonds. The van der Waals surface area contributed by atoms with Crippen LogP contribution < -0.4 is 0 Å². The number of hydrogen-bond acceptors (Lipinski definition) is 5. The van der Waals surface area contributed by atoms with Gasteiger partial charge in [-0.25, -0.2) is 0 Å². The summed E-state index contributed by atoms with van der Waals surface area (Å²) in [5.74, 6) is -1.25. The highest BCUT2D eigenvalue weighted by Gasteiger charge is 2.68. The highest BCUT2D eigenvalue weighted by molar-refractivity contribution is 9.10. The highest BCUT2D eigenvalue weighted by atomic mass is 79.9. The molecule has 5 nitrogen and oxygen atoms in total. The van der Waals surface area contributed by atoms with Gasteiger partial charge >= 0.3 is 0 Å². The molecule has 0 saturated carbocycles. The SMILES string of the molecule is CN1C[C@H](c2ccc(-c3ccc(Cl)cc3)o2)[C@@H](C(=O)c2cccc(Br)c2)C12C(=O)c1ccccc1C2=O. The zero-order valence-corrected chi connectivity index (χ0v) is 22.1. The Labute approximate surface area is 227 Å². The smallest absolute Gasteiger partial charge is 0.192 e. The molecule has 1 spiro atoms. The Hall–Kier alpha value is -3.32. The second-order valence-electron chi connectivity index (χ2n) is 9.52. The molecule has 1 fully saturated rings. The Morgan fingerprint density at radius 2 is 1.62 bits per heavy atom. The molecule has 0 unspecified atom stereocenters.